The summed E-state index contributed by atoms with van der Waals surface area (Å²) in [6, 6.07) is 20.9. The fraction of sp³-hybridized carbons (Fsp3) is 0.250. The number of rotatable bonds is 5. The van der Waals surface area contributed by atoms with Crippen molar-refractivity contribution in [2.75, 3.05) is 0 Å². The summed E-state index contributed by atoms with van der Waals surface area (Å²) in [5.74, 6) is 0. The predicted molar refractivity (Wildman–Crippen MR) is 77.4 cm³/mol. The van der Waals surface area contributed by atoms with Gasteiger partial charge in [0.25, 0.3) is 0 Å². The second-order valence-corrected chi connectivity index (χ2v) is 5.08. The van der Waals surface area contributed by atoms with Gasteiger partial charge in [0.2, 0.25) is 0 Å². The highest BCUT2D eigenvalue weighted by Gasteiger charge is 2.11. The minimum absolute atomic E-state index is 0.0189. The zero-order chi connectivity index (χ0) is 12.8. The highest BCUT2D eigenvalue weighted by atomic mass is 35.5. The van der Waals surface area contributed by atoms with Crippen LogP contribution < -0.4 is 0 Å². The van der Waals surface area contributed by atoms with E-state index in [4.69, 9.17) is 11.6 Å². The number of alkyl halides is 1. The Morgan fingerprint density at radius 3 is 1.56 bits per heavy atom. The largest absolute Gasteiger partial charge is 0.279 e. The molecule has 2 aromatic rings. The van der Waals surface area contributed by atoms with Crippen LogP contribution in [0.5, 0.6) is 0 Å². The van der Waals surface area contributed by atoms with Gasteiger partial charge in [0.1, 0.15) is 0 Å². The van der Waals surface area contributed by atoms with Gasteiger partial charge in [-0.15, -0.1) is 11.6 Å². The molecule has 0 amide bonds. The fourth-order valence-corrected chi connectivity index (χ4v) is 2.08. The first kappa shape index (κ1) is 13.1. The zero-order valence-electron chi connectivity index (χ0n) is 10.6. The van der Waals surface area contributed by atoms with Gasteiger partial charge in [0.15, 0.2) is 0 Å². The van der Waals surface area contributed by atoms with E-state index < -0.39 is 0 Å². The molecule has 0 aliphatic heterocycles. The molecule has 0 heterocycles. The van der Waals surface area contributed by atoms with Gasteiger partial charge in [-0.2, -0.15) is 0 Å². The number of hydrogen-bond donors (Lipinski definition) is 0. The summed E-state index contributed by atoms with van der Waals surface area (Å²) in [7, 11) is 0. The van der Waals surface area contributed by atoms with Gasteiger partial charge >= 0.3 is 0 Å². The molecule has 0 saturated heterocycles. The van der Waals surface area contributed by atoms with Crippen molar-refractivity contribution >= 4 is 11.6 Å². The fourth-order valence-electron chi connectivity index (χ4n) is 1.94. The van der Waals surface area contributed by atoms with Crippen molar-refractivity contribution < 1.29 is 0 Å². The Bertz CT molecular complexity index is 412. The Labute approximate surface area is 114 Å². The first-order chi connectivity index (χ1) is 8.75. The van der Waals surface area contributed by atoms with Crippen LogP contribution in [0.3, 0.4) is 0 Å². The number of halogens is 1. The van der Waals surface area contributed by atoms with Gasteiger partial charge in [-0.1, -0.05) is 60.7 Å². The van der Waals surface area contributed by atoms with Gasteiger partial charge < -0.3 is 0 Å². The Morgan fingerprint density at radius 1 is 0.833 bits per heavy atom. The van der Waals surface area contributed by atoms with Crippen LogP contribution in [0.1, 0.15) is 18.1 Å². The Balaban J connectivity index is 2.05. The molecule has 1 nitrogen and oxygen atoms in total. The van der Waals surface area contributed by atoms with Crippen molar-refractivity contribution in [3.05, 3.63) is 71.8 Å². The summed E-state index contributed by atoms with van der Waals surface area (Å²) in [6.07, 6.45) is 0. The summed E-state index contributed by atoms with van der Waals surface area (Å²) >= 11 is 6.27. The van der Waals surface area contributed by atoms with Gasteiger partial charge in [0, 0.05) is 13.1 Å². The van der Waals surface area contributed by atoms with Crippen molar-refractivity contribution in [3.8, 4) is 0 Å². The van der Waals surface area contributed by atoms with Gasteiger partial charge in [-0.25, -0.2) is 0 Å². The maximum absolute atomic E-state index is 6.27. The minimum Gasteiger partial charge on any atom is -0.279 e. The predicted octanol–water partition coefficient (Wildman–Crippen LogP) is 4.27. The molecule has 0 aromatic heterocycles. The zero-order valence-corrected chi connectivity index (χ0v) is 11.3. The Hall–Kier alpha value is -1.31. The molecule has 0 N–H and O–H groups in total. The van der Waals surface area contributed by atoms with Gasteiger partial charge in [-0.3, -0.25) is 4.90 Å². The molecule has 1 unspecified atom stereocenters. The smallest absolute Gasteiger partial charge is 0.0827 e. The molecule has 2 rings (SSSR count). The third-order valence-corrected chi connectivity index (χ3v) is 3.24. The molecule has 1 atom stereocenters. The molecule has 2 aromatic carbocycles. The molecule has 0 saturated carbocycles. The van der Waals surface area contributed by atoms with E-state index in [1.165, 1.54) is 11.1 Å². The average molecular weight is 260 g/mol. The summed E-state index contributed by atoms with van der Waals surface area (Å²) < 4.78 is 0. The van der Waals surface area contributed by atoms with Crippen molar-refractivity contribution in [2.24, 2.45) is 0 Å². The molecule has 2 heteroatoms. The van der Waals surface area contributed by atoms with Gasteiger partial charge in [-0.05, 0) is 18.1 Å². The van der Waals surface area contributed by atoms with E-state index in [1.807, 2.05) is 19.1 Å². The number of hydrogen-bond acceptors (Lipinski definition) is 1. The lowest BCUT2D eigenvalue weighted by molar-refractivity contribution is 0.245. The van der Waals surface area contributed by atoms with Crippen LogP contribution >= 0.6 is 11.6 Å². The molecule has 0 fully saturated rings. The van der Waals surface area contributed by atoms with Crippen LogP contribution in [0.25, 0.3) is 0 Å². The highest BCUT2D eigenvalue weighted by Crippen LogP contribution is 2.15. The van der Waals surface area contributed by atoms with Crippen molar-refractivity contribution in [1.29, 1.82) is 0 Å². The standard InChI is InChI=1S/C16H18ClN/c1-14(17)18(12-15-8-4-2-5-9-15)13-16-10-6-3-7-11-16/h2-11,14H,12-13H2,1H3. The monoisotopic (exact) mass is 259 g/mol. The van der Waals surface area contributed by atoms with E-state index in [-0.39, 0.29) is 5.50 Å². The van der Waals surface area contributed by atoms with E-state index in [0.29, 0.717) is 0 Å². The van der Waals surface area contributed by atoms with Gasteiger partial charge in [0.05, 0.1) is 5.50 Å². The molecule has 0 aliphatic carbocycles. The van der Waals surface area contributed by atoms with E-state index in [0.717, 1.165) is 13.1 Å². The van der Waals surface area contributed by atoms with Crippen LogP contribution in [0.4, 0.5) is 0 Å². The van der Waals surface area contributed by atoms with E-state index in [9.17, 15) is 0 Å². The van der Waals surface area contributed by atoms with Crippen molar-refractivity contribution in [2.45, 2.75) is 25.5 Å². The van der Waals surface area contributed by atoms with Crippen LogP contribution in [-0.2, 0) is 13.1 Å². The van der Waals surface area contributed by atoms with Crippen molar-refractivity contribution in [1.82, 2.24) is 4.90 Å². The highest BCUT2D eigenvalue weighted by molar-refractivity contribution is 6.20. The lowest BCUT2D eigenvalue weighted by Crippen LogP contribution is -2.28. The van der Waals surface area contributed by atoms with E-state index >= 15 is 0 Å². The topological polar surface area (TPSA) is 3.24 Å². The minimum atomic E-state index is 0.0189. The molecule has 0 radical (unpaired) electrons. The lowest BCUT2D eigenvalue weighted by atomic mass is 10.1. The molecular weight excluding hydrogens is 242 g/mol. The second-order valence-electron chi connectivity index (χ2n) is 4.45. The first-order valence-electron chi connectivity index (χ1n) is 6.21. The molecule has 94 valence electrons. The average Bonchev–Trinajstić information content (AvgIpc) is 2.40. The lowest BCUT2D eigenvalue weighted by Gasteiger charge is -2.25. The maximum atomic E-state index is 6.27. The van der Waals surface area contributed by atoms with Crippen LogP contribution in [0.15, 0.2) is 60.7 Å². The molecule has 18 heavy (non-hydrogen) atoms. The normalized spacial score (nSPS) is 12.6. The van der Waals surface area contributed by atoms with E-state index in [1.54, 1.807) is 0 Å². The van der Waals surface area contributed by atoms with Crippen molar-refractivity contribution in [3.63, 3.8) is 0 Å². The molecule has 0 aliphatic rings. The first-order valence-corrected chi connectivity index (χ1v) is 6.65. The Morgan fingerprint density at radius 2 is 1.22 bits per heavy atom. The second kappa shape index (κ2) is 6.58. The third kappa shape index (κ3) is 3.86. The summed E-state index contributed by atoms with van der Waals surface area (Å²) in [5, 5.41) is 0. The molecular formula is C16H18ClN. The summed E-state index contributed by atoms with van der Waals surface area (Å²) in [5.41, 5.74) is 2.60. The third-order valence-electron chi connectivity index (χ3n) is 2.96. The quantitative estimate of drug-likeness (QED) is 0.572. The van der Waals surface area contributed by atoms with Crippen LogP contribution in [-0.4, -0.2) is 10.4 Å². The maximum Gasteiger partial charge on any atom is 0.0827 e. The van der Waals surface area contributed by atoms with Crippen LogP contribution in [0.2, 0.25) is 0 Å². The van der Waals surface area contributed by atoms with Crippen LogP contribution in [0, 0.1) is 0 Å². The molecule has 0 bridgehead atoms. The summed E-state index contributed by atoms with van der Waals surface area (Å²) in [4.78, 5) is 2.26. The number of nitrogens with zero attached hydrogens (tertiary/aromatic N) is 1. The molecule has 0 spiro atoms. The SMILES string of the molecule is CC(Cl)N(Cc1ccccc1)Cc1ccccc1. The Kier molecular flexibility index (Phi) is 4.80. The van der Waals surface area contributed by atoms with E-state index in [2.05, 4.69) is 53.4 Å². The number of benzene rings is 2. The summed E-state index contributed by atoms with van der Waals surface area (Å²) in [6.45, 7) is 3.77.